The van der Waals surface area contributed by atoms with Crippen LogP contribution in [0.4, 0.5) is 4.39 Å². The molecule has 6 rings (SSSR count). The molecule has 2 fully saturated rings. The van der Waals surface area contributed by atoms with Gasteiger partial charge in [-0.25, -0.2) is 14.2 Å². The minimum Gasteiger partial charge on any atom is -0.486 e. The molecule has 210 valence electrons. The number of carbonyl (C=O) groups is 1. The maximum atomic E-state index is 14.1. The molecule has 4 aromatic rings. The number of fused-ring (bicyclic) bond motifs is 1. The lowest BCUT2D eigenvalue weighted by molar-refractivity contribution is -0.0591. The van der Waals surface area contributed by atoms with Crippen LogP contribution in [-0.4, -0.2) is 56.3 Å². The Morgan fingerprint density at radius 3 is 2.77 bits per heavy atom. The van der Waals surface area contributed by atoms with Crippen molar-refractivity contribution >= 4 is 42.1 Å². The van der Waals surface area contributed by atoms with Crippen molar-refractivity contribution in [1.82, 2.24) is 19.4 Å². The fourth-order valence-corrected chi connectivity index (χ4v) is 5.40. The number of carboxylic acids is 1. The molecule has 0 radical (unpaired) electrons. The number of hydrogen-bond donors (Lipinski definition) is 1. The van der Waals surface area contributed by atoms with Gasteiger partial charge in [-0.1, -0.05) is 11.6 Å². The molecule has 2 saturated heterocycles. The highest BCUT2D eigenvalue weighted by molar-refractivity contribution is 7.59. The average Bonchev–Trinajstić information content (AvgIpc) is 3.50. The second-order valence-corrected chi connectivity index (χ2v) is 10.5. The molecular weight excluding hydrogens is 555 g/mol. The lowest BCUT2D eigenvalue weighted by atomic mass is 10.0. The van der Waals surface area contributed by atoms with Gasteiger partial charge in [-0.15, -0.1) is 0 Å². The van der Waals surface area contributed by atoms with Gasteiger partial charge in [0.05, 0.1) is 35.8 Å². The Bertz CT molecular complexity index is 1530. The Morgan fingerprint density at radius 1 is 1.18 bits per heavy atom. The lowest BCUT2D eigenvalue weighted by Crippen LogP contribution is -2.32. The fraction of sp³-hybridized carbons (Fsp3) is 0.345. The van der Waals surface area contributed by atoms with Crippen molar-refractivity contribution in [1.29, 1.82) is 0 Å². The zero-order chi connectivity index (χ0) is 26.9. The molecule has 0 aliphatic carbocycles. The van der Waals surface area contributed by atoms with Crippen molar-refractivity contribution in [3.05, 3.63) is 88.2 Å². The molecule has 1 N–H and O–H groups in total. The normalized spacial score (nSPS) is 18.9. The van der Waals surface area contributed by atoms with Gasteiger partial charge in [0.15, 0.2) is 11.6 Å². The topological polar surface area (TPSA) is 89.7 Å². The van der Waals surface area contributed by atoms with Crippen molar-refractivity contribution in [2.24, 2.45) is 0 Å². The summed E-state index contributed by atoms with van der Waals surface area (Å²) in [6.07, 6.45) is 3.84. The first-order valence-electron chi connectivity index (χ1n) is 13.0. The molecule has 0 bridgehead atoms. The van der Waals surface area contributed by atoms with Gasteiger partial charge in [0.25, 0.3) is 0 Å². The second-order valence-electron chi connectivity index (χ2n) is 10.1. The van der Waals surface area contributed by atoms with Crippen LogP contribution in [0.3, 0.4) is 0 Å². The van der Waals surface area contributed by atoms with E-state index in [0.717, 1.165) is 60.7 Å². The van der Waals surface area contributed by atoms with E-state index in [1.807, 2.05) is 12.1 Å². The van der Waals surface area contributed by atoms with E-state index < -0.39 is 11.8 Å². The minimum absolute atomic E-state index is 0. The van der Waals surface area contributed by atoms with E-state index in [1.54, 1.807) is 30.5 Å². The van der Waals surface area contributed by atoms with Crippen molar-refractivity contribution < 1.29 is 23.8 Å². The van der Waals surface area contributed by atoms with Gasteiger partial charge >= 0.3 is 5.97 Å². The highest BCUT2D eigenvalue weighted by Gasteiger charge is 2.28. The molecule has 11 heteroatoms. The zero-order valence-electron chi connectivity index (χ0n) is 21.7. The molecule has 2 aliphatic heterocycles. The molecular formula is C29H30ClFN4O4S. The summed E-state index contributed by atoms with van der Waals surface area (Å²) in [6, 6.07) is 13.3. The molecule has 8 nitrogen and oxygen atoms in total. The third-order valence-electron chi connectivity index (χ3n) is 7.44. The molecule has 2 aromatic heterocycles. The van der Waals surface area contributed by atoms with Gasteiger partial charge in [-0.2, -0.15) is 13.5 Å². The van der Waals surface area contributed by atoms with E-state index in [0.29, 0.717) is 18.1 Å². The van der Waals surface area contributed by atoms with Crippen LogP contribution in [0.25, 0.3) is 11.0 Å². The zero-order valence-corrected chi connectivity index (χ0v) is 23.5. The third kappa shape index (κ3) is 6.10. The number of aromatic carboxylic acids is 1. The smallest absolute Gasteiger partial charge is 0.335 e. The van der Waals surface area contributed by atoms with E-state index in [9.17, 15) is 14.3 Å². The highest BCUT2D eigenvalue weighted by atomic mass is 35.5. The molecule has 4 heterocycles. The summed E-state index contributed by atoms with van der Waals surface area (Å²) >= 11 is 5.83. The van der Waals surface area contributed by atoms with Gasteiger partial charge in [-0.05, 0) is 73.5 Å². The number of imidazole rings is 1. The predicted molar refractivity (Wildman–Crippen MR) is 154 cm³/mol. The van der Waals surface area contributed by atoms with Gasteiger partial charge in [0.1, 0.15) is 12.4 Å². The SMILES string of the molecule is O=C(O)c1ccc2nc(CN3CCC(c4cc(COc5ccc(Cl)cc5F)ccn4)C3)n(C[C@@H]3CCO3)c2c1.S. The lowest BCUT2D eigenvalue weighted by Gasteiger charge is -2.28. The summed E-state index contributed by atoms with van der Waals surface area (Å²) in [7, 11) is 0. The number of halogens is 2. The Morgan fingerprint density at radius 2 is 2.02 bits per heavy atom. The van der Waals surface area contributed by atoms with Gasteiger partial charge < -0.3 is 19.1 Å². The van der Waals surface area contributed by atoms with Crippen LogP contribution >= 0.6 is 25.1 Å². The summed E-state index contributed by atoms with van der Waals surface area (Å²) < 4.78 is 27.5. The number of benzene rings is 2. The standard InChI is InChI=1S/C29H28ClFN4O4.H2S/c30-21-2-4-27(23(31)13-21)39-17-18-5-8-32-25(11-18)20-6-9-34(14-20)16-28-33-24-3-1-19(29(36)37)12-26(24)35(28)15-22-7-10-38-22;/h1-5,8,11-13,20,22H,6-7,9-10,14-17H2,(H,36,37);1H2/t20?,22-;/m0./s1. The van der Waals surface area contributed by atoms with Crippen LogP contribution in [0.15, 0.2) is 54.7 Å². The quantitative estimate of drug-likeness (QED) is 0.282. The predicted octanol–water partition coefficient (Wildman–Crippen LogP) is 5.39. The van der Waals surface area contributed by atoms with Gasteiger partial charge in [0.2, 0.25) is 0 Å². The number of rotatable bonds is 9. The van der Waals surface area contributed by atoms with Crippen molar-refractivity contribution in [3.63, 3.8) is 0 Å². The Labute approximate surface area is 243 Å². The summed E-state index contributed by atoms with van der Waals surface area (Å²) in [5.74, 6) is -0.118. The monoisotopic (exact) mass is 584 g/mol. The first-order chi connectivity index (χ1) is 18.9. The number of nitrogens with zero attached hydrogens (tertiary/aromatic N) is 4. The van der Waals surface area contributed by atoms with Crippen LogP contribution in [0, 0.1) is 5.82 Å². The van der Waals surface area contributed by atoms with Gasteiger partial charge in [-0.3, -0.25) is 9.88 Å². The van der Waals surface area contributed by atoms with Crippen LogP contribution in [-0.2, 0) is 24.4 Å². The Balaban J connectivity index is 0.00000323. The highest BCUT2D eigenvalue weighted by Crippen LogP contribution is 2.30. The van der Waals surface area contributed by atoms with Gasteiger partial charge in [0, 0.05) is 36.0 Å². The fourth-order valence-electron chi connectivity index (χ4n) is 5.24. The first-order valence-corrected chi connectivity index (χ1v) is 13.4. The number of likely N-dealkylation sites (tertiary alicyclic amines) is 1. The molecule has 1 unspecified atom stereocenters. The molecule has 2 atom stereocenters. The third-order valence-corrected chi connectivity index (χ3v) is 7.68. The summed E-state index contributed by atoms with van der Waals surface area (Å²) in [5, 5.41) is 9.81. The number of aromatic nitrogens is 3. The summed E-state index contributed by atoms with van der Waals surface area (Å²) in [6.45, 7) is 4.02. The average molecular weight is 585 g/mol. The number of pyridine rings is 1. The molecule has 0 saturated carbocycles. The van der Waals surface area contributed by atoms with Crippen LogP contribution in [0.5, 0.6) is 5.75 Å². The van der Waals surface area contributed by atoms with Crippen LogP contribution in [0.2, 0.25) is 5.02 Å². The summed E-state index contributed by atoms with van der Waals surface area (Å²) in [5.41, 5.74) is 3.76. The van der Waals surface area contributed by atoms with E-state index >= 15 is 0 Å². The largest absolute Gasteiger partial charge is 0.486 e. The van der Waals surface area contributed by atoms with Crippen molar-refractivity contribution in [3.8, 4) is 5.75 Å². The first kappa shape index (κ1) is 28.4. The molecule has 0 spiro atoms. The Kier molecular flexibility index (Phi) is 8.60. The van der Waals surface area contributed by atoms with E-state index in [-0.39, 0.29) is 43.4 Å². The van der Waals surface area contributed by atoms with Crippen molar-refractivity contribution in [2.45, 2.75) is 44.6 Å². The number of hydrogen-bond acceptors (Lipinski definition) is 6. The van der Waals surface area contributed by atoms with Crippen LogP contribution < -0.4 is 4.74 Å². The van der Waals surface area contributed by atoms with E-state index in [1.165, 1.54) is 12.1 Å². The number of ether oxygens (including phenoxy) is 2. The maximum Gasteiger partial charge on any atom is 0.335 e. The molecule has 2 aliphatic rings. The molecule has 2 aromatic carbocycles. The Hall–Kier alpha value is -3.18. The van der Waals surface area contributed by atoms with E-state index in [4.69, 9.17) is 26.1 Å². The number of carboxylic acid groups (broad SMARTS) is 1. The van der Waals surface area contributed by atoms with E-state index in [2.05, 4.69) is 14.5 Å². The molecule has 0 amide bonds. The summed E-state index contributed by atoms with van der Waals surface area (Å²) in [4.78, 5) is 23.4. The van der Waals surface area contributed by atoms with Crippen LogP contribution in [0.1, 0.15) is 46.2 Å². The molecule has 40 heavy (non-hydrogen) atoms. The van der Waals surface area contributed by atoms with Crippen molar-refractivity contribution in [2.75, 3.05) is 19.7 Å². The minimum atomic E-state index is -0.952. The maximum absolute atomic E-state index is 14.1. The second kappa shape index (κ2) is 12.1.